The van der Waals surface area contributed by atoms with Crippen molar-refractivity contribution in [3.05, 3.63) is 0 Å². The molecular weight excluding hydrogens is 262 g/mol. The van der Waals surface area contributed by atoms with Gasteiger partial charge in [0.25, 0.3) is 0 Å². The molecule has 1 aliphatic heterocycles. The first-order valence-electron chi connectivity index (χ1n) is 8.45. The third-order valence-electron chi connectivity index (χ3n) is 4.57. The molecule has 0 saturated carbocycles. The molecule has 1 aliphatic rings. The quantitative estimate of drug-likeness (QED) is 0.710. The number of likely N-dealkylation sites (tertiary alicyclic amines) is 1. The van der Waals surface area contributed by atoms with Crippen molar-refractivity contribution < 1.29 is 4.74 Å². The maximum atomic E-state index is 9.52. The summed E-state index contributed by atoms with van der Waals surface area (Å²) >= 11 is 0. The molecule has 0 aromatic heterocycles. The van der Waals surface area contributed by atoms with E-state index in [1.54, 1.807) is 7.11 Å². The Labute approximate surface area is 130 Å². The number of hydrogen-bond donors (Lipinski definition) is 1. The van der Waals surface area contributed by atoms with Crippen molar-refractivity contribution in [3.63, 3.8) is 0 Å². The molecule has 1 saturated heterocycles. The fourth-order valence-electron chi connectivity index (χ4n) is 3.29. The SMILES string of the molecule is CCC(C#N)(CCCN1CCC(COC)CC1)NC(C)C. The number of methoxy groups -OCH3 is 1. The first kappa shape index (κ1) is 18.4. The summed E-state index contributed by atoms with van der Waals surface area (Å²) in [6.07, 6.45) is 5.40. The van der Waals surface area contributed by atoms with Crippen molar-refractivity contribution >= 4 is 0 Å². The van der Waals surface area contributed by atoms with Gasteiger partial charge in [0.2, 0.25) is 0 Å². The van der Waals surface area contributed by atoms with E-state index in [0.717, 1.165) is 38.3 Å². The average molecular weight is 295 g/mol. The van der Waals surface area contributed by atoms with E-state index >= 15 is 0 Å². The Hall–Kier alpha value is -0.630. The molecule has 0 radical (unpaired) electrons. The topological polar surface area (TPSA) is 48.3 Å². The van der Waals surface area contributed by atoms with E-state index in [2.05, 4.69) is 37.1 Å². The number of nitrogens with one attached hydrogen (secondary N) is 1. The maximum Gasteiger partial charge on any atom is 0.106 e. The molecule has 0 aromatic rings. The Morgan fingerprint density at radius 3 is 2.52 bits per heavy atom. The molecule has 1 atom stereocenters. The lowest BCUT2D eigenvalue weighted by Crippen LogP contribution is -2.47. The summed E-state index contributed by atoms with van der Waals surface area (Å²) in [5.74, 6) is 0.739. The van der Waals surface area contributed by atoms with E-state index in [9.17, 15) is 5.26 Å². The van der Waals surface area contributed by atoms with Crippen LogP contribution in [0.3, 0.4) is 0 Å². The lowest BCUT2D eigenvalue weighted by molar-refractivity contribution is 0.0979. The smallest absolute Gasteiger partial charge is 0.106 e. The third kappa shape index (κ3) is 6.34. The van der Waals surface area contributed by atoms with E-state index in [1.807, 2.05) is 0 Å². The van der Waals surface area contributed by atoms with Crippen LogP contribution < -0.4 is 5.32 Å². The van der Waals surface area contributed by atoms with E-state index in [-0.39, 0.29) is 5.54 Å². The van der Waals surface area contributed by atoms with Crippen LogP contribution in [0.25, 0.3) is 0 Å². The predicted octanol–water partition coefficient (Wildman–Crippen LogP) is 2.80. The minimum absolute atomic E-state index is 0.345. The van der Waals surface area contributed by atoms with Gasteiger partial charge in [-0.05, 0) is 71.5 Å². The van der Waals surface area contributed by atoms with Gasteiger partial charge in [-0.3, -0.25) is 5.32 Å². The normalized spacial score (nSPS) is 20.4. The molecule has 1 fully saturated rings. The largest absolute Gasteiger partial charge is 0.384 e. The van der Waals surface area contributed by atoms with Gasteiger partial charge in [0, 0.05) is 19.8 Å². The molecule has 0 amide bonds. The number of nitriles is 1. The van der Waals surface area contributed by atoms with Crippen molar-refractivity contribution in [2.24, 2.45) is 5.92 Å². The van der Waals surface area contributed by atoms with Crippen LogP contribution in [-0.4, -0.2) is 49.8 Å². The summed E-state index contributed by atoms with van der Waals surface area (Å²) in [4.78, 5) is 2.54. The highest BCUT2D eigenvalue weighted by molar-refractivity contribution is 5.06. The van der Waals surface area contributed by atoms with Crippen LogP contribution in [0.1, 0.15) is 52.9 Å². The third-order valence-corrected chi connectivity index (χ3v) is 4.57. The molecule has 0 aliphatic carbocycles. The Morgan fingerprint density at radius 1 is 1.38 bits per heavy atom. The Balaban J connectivity index is 2.30. The van der Waals surface area contributed by atoms with Crippen LogP contribution in [0.5, 0.6) is 0 Å². The molecule has 1 unspecified atom stereocenters. The van der Waals surface area contributed by atoms with E-state index < -0.39 is 0 Å². The standard InChI is InChI=1S/C17H33N3O/c1-5-17(14-18,19-15(2)3)9-6-10-20-11-7-16(8-12-20)13-21-4/h15-16,19H,5-13H2,1-4H3. The van der Waals surface area contributed by atoms with Crippen LogP contribution in [0.4, 0.5) is 0 Å². The lowest BCUT2D eigenvalue weighted by atomic mass is 9.90. The molecule has 122 valence electrons. The van der Waals surface area contributed by atoms with Gasteiger partial charge in [-0.2, -0.15) is 5.26 Å². The first-order valence-corrected chi connectivity index (χ1v) is 8.45. The molecule has 4 heteroatoms. The summed E-state index contributed by atoms with van der Waals surface area (Å²) in [6, 6.07) is 2.87. The average Bonchev–Trinajstić information content (AvgIpc) is 2.48. The lowest BCUT2D eigenvalue weighted by Gasteiger charge is -2.33. The maximum absolute atomic E-state index is 9.52. The minimum atomic E-state index is -0.345. The summed E-state index contributed by atoms with van der Waals surface area (Å²) in [6.45, 7) is 10.7. The van der Waals surface area contributed by atoms with Gasteiger partial charge in [0.05, 0.1) is 6.07 Å². The zero-order valence-electron chi connectivity index (χ0n) is 14.3. The van der Waals surface area contributed by atoms with Crippen LogP contribution in [0.2, 0.25) is 0 Å². The molecular formula is C17H33N3O. The Bertz CT molecular complexity index is 318. The fourth-order valence-corrected chi connectivity index (χ4v) is 3.29. The summed E-state index contributed by atoms with van der Waals surface area (Å²) in [7, 11) is 1.79. The van der Waals surface area contributed by atoms with Gasteiger partial charge >= 0.3 is 0 Å². The summed E-state index contributed by atoms with van der Waals surface area (Å²) in [5.41, 5.74) is -0.345. The zero-order chi connectivity index (χ0) is 15.7. The molecule has 1 rings (SSSR count). The van der Waals surface area contributed by atoms with E-state index in [4.69, 9.17) is 4.74 Å². The van der Waals surface area contributed by atoms with Gasteiger partial charge in [0.15, 0.2) is 0 Å². The molecule has 1 N–H and O–H groups in total. The number of hydrogen-bond acceptors (Lipinski definition) is 4. The summed E-state index contributed by atoms with van der Waals surface area (Å²) in [5, 5.41) is 13.0. The highest BCUT2D eigenvalue weighted by atomic mass is 16.5. The van der Waals surface area contributed by atoms with E-state index in [1.165, 1.54) is 25.9 Å². The second-order valence-corrected chi connectivity index (χ2v) is 6.69. The van der Waals surface area contributed by atoms with Crippen LogP contribution in [0, 0.1) is 17.2 Å². The van der Waals surface area contributed by atoms with E-state index in [0.29, 0.717) is 6.04 Å². The van der Waals surface area contributed by atoms with Crippen molar-refractivity contribution in [2.75, 3.05) is 33.4 Å². The molecule has 0 aromatic carbocycles. The number of nitrogens with zero attached hydrogens (tertiary/aromatic N) is 2. The van der Waals surface area contributed by atoms with Crippen molar-refractivity contribution in [1.82, 2.24) is 10.2 Å². The monoisotopic (exact) mass is 295 g/mol. The number of piperidine rings is 1. The van der Waals surface area contributed by atoms with Gasteiger partial charge in [-0.1, -0.05) is 6.92 Å². The van der Waals surface area contributed by atoms with Gasteiger partial charge in [-0.15, -0.1) is 0 Å². The molecule has 0 spiro atoms. The molecule has 0 bridgehead atoms. The first-order chi connectivity index (χ1) is 10.0. The second kappa shape index (κ2) is 9.40. The highest BCUT2D eigenvalue weighted by Gasteiger charge is 2.28. The Kier molecular flexibility index (Phi) is 8.24. The zero-order valence-corrected chi connectivity index (χ0v) is 14.3. The molecule has 4 nitrogen and oxygen atoms in total. The molecule has 21 heavy (non-hydrogen) atoms. The second-order valence-electron chi connectivity index (χ2n) is 6.69. The van der Waals surface area contributed by atoms with Crippen molar-refractivity contribution in [2.45, 2.75) is 64.5 Å². The predicted molar refractivity (Wildman–Crippen MR) is 87.2 cm³/mol. The van der Waals surface area contributed by atoms with Gasteiger partial charge in [0.1, 0.15) is 5.54 Å². The highest BCUT2D eigenvalue weighted by Crippen LogP contribution is 2.21. The van der Waals surface area contributed by atoms with Crippen LogP contribution in [0.15, 0.2) is 0 Å². The van der Waals surface area contributed by atoms with Gasteiger partial charge in [-0.25, -0.2) is 0 Å². The number of ether oxygens (including phenoxy) is 1. The Morgan fingerprint density at radius 2 is 2.05 bits per heavy atom. The summed E-state index contributed by atoms with van der Waals surface area (Å²) < 4.78 is 5.25. The van der Waals surface area contributed by atoms with Crippen molar-refractivity contribution in [1.29, 1.82) is 5.26 Å². The van der Waals surface area contributed by atoms with Gasteiger partial charge < -0.3 is 9.64 Å². The minimum Gasteiger partial charge on any atom is -0.384 e. The fraction of sp³-hybridized carbons (Fsp3) is 0.941. The van der Waals surface area contributed by atoms with Crippen LogP contribution in [-0.2, 0) is 4.74 Å². The van der Waals surface area contributed by atoms with Crippen LogP contribution >= 0.6 is 0 Å². The molecule has 1 heterocycles. The van der Waals surface area contributed by atoms with Crippen molar-refractivity contribution in [3.8, 4) is 6.07 Å². The number of rotatable bonds is 9.